The topological polar surface area (TPSA) is 38.7 Å². The molecular weight excluding hydrogens is 361 g/mol. The van der Waals surface area contributed by atoms with Gasteiger partial charge >= 0.3 is 34.6 Å². The Balaban J connectivity index is 3.66. The van der Waals surface area contributed by atoms with Crippen molar-refractivity contribution < 1.29 is 62.9 Å². The van der Waals surface area contributed by atoms with Crippen molar-refractivity contribution in [1.29, 1.82) is 0 Å². The molecule has 0 aromatic heterocycles. The van der Waals surface area contributed by atoms with Crippen molar-refractivity contribution in [1.82, 2.24) is 0 Å². The normalized spacial score (nSPS) is 30.9. The zero-order chi connectivity index (χ0) is 17.1. The van der Waals surface area contributed by atoms with Gasteiger partial charge in [-0.2, -0.15) is 43.9 Å². The highest BCUT2D eigenvalue weighted by atomic mass is 32.2. The first-order valence-corrected chi connectivity index (χ1v) is 5.04. The molecule has 3 nitrogen and oxygen atoms in total. The van der Waals surface area contributed by atoms with E-state index in [0.717, 1.165) is 0 Å². The summed E-state index contributed by atoms with van der Waals surface area (Å²) < 4.78 is 145. The molecule has 15 heteroatoms. The Kier molecular flexibility index (Phi) is 3.95. The lowest BCUT2D eigenvalue weighted by molar-refractivity contribution is -0.474. The summed E-state index contributed by atoms with van der Waals surface area (Å²) in [5.74, 6) is -35.8. The molecule has 0 aromatic carbocycles. The zero-order valence-electron chi connectivity index (χ0n) is 8.83. The van der Waals surface area contributed by atoms with Crippen LogP contribution in [0.4, 0.5) is 48.3 Å². The van der Waals surface area contributed by atoms with Crippen molar-refractivity contribution >= 4 is 12.0 Å². The summed E-state index contributed by atoms with van der Waals surface area (Å²) >= 11 is -2.21. The van der Waals surface area contributed by atoms with Crippen LogP contribution in [0.5, 0.6) is 0 Å². The second-order valence-corrected chi connectivity index (χ2v) is 4.56. The second kappa shape index (κ2) is 4.48. The zero-order valence-corrected chi connectivity index (χ0v) is 9.65. The number of hydrogen-bond donors (Lipinski definition) is 1. The highest BCUT2D eigenvalue weighted by Crippen LogP contribution is 2.72. The van der Waals surface area contributed by atoms with Gasteiger partial charge in [-0.1, -0.05) is 5.04 Å². The Bertz CT molecular complexity index is 394. The van der Waals surface area contributed by atoms with E-state index < -0.39 is 46.7 Å². The van der Waals surface area contributed by atoms with Gasteiger partial charge in [-0.25, -0.2) is 9.65 Å². The van der Waals surface area contributed by atoms with Gasteiger partial charge in [0.25, 0.3) is 0 Å². The van der Waals surface area contributed by atoms with Crippen LogP contribution >= 0.6 is 12.0 Å². The average molecular weight is 362 g/mol. The van der Waals surface area contributed by atoms with Gasteiger partial charge in [0.2, 0.25) is 0 Å². The van der Waals surface area contributed by atoms with E-state index in [1.54, 1.807) is 0 Å². The van der Waals surface area contributed by atoms with Crippen LogP contribution in [0.15, 0.2) is 0 Å². The van der Waals surface area contributed by atoms with Gasteiger partial charge in [0.15, 0.2) is 0 Å². The van der Waals surface area contributed by atoms with Crippen molar-refractivity contribution in [3.8, 4) is 0 Å². The maximum Gasteiger partial charge on any atom is 0.384 e. The molecule has 0 radical (unpaired) electrons. The van der Waals surface area contributed by atoms with E-state index in [4.69, 9.17) is 5.26 Å². The summed E-state index contributed by atoms with van der Waals surface area (Å²) in [5.41, 5.74) is 0. The van der Waals surface area contributed by atoms with Gasteiger partial charge in [0, 0.05) is 0 Å². The molecule has 126 valence electrons. The van der Waals surface area contributed by atoms with Crippen LogP contribution < -0.4 is 0 Å². The van der Waals surface area contributed by atoms with Crippen LogP contribution in [0.25, 0.3) is 0 Å². The molecule has 0 heterocycles. The smallest absolute Gasteiger partial charge is 0.220 e. The summed E-state index contributed by atoms with van der Waals surface area (Å²) in [7, 11) is 0. The third-order valence-electron chi connectivity index (χ3n) is 2.56. The van der Waals surface area contributed by atoms with E-state index in [0.29, 0.717) is 0 Å². The first-order valence-electron chi connectivity index (χ1n) is 4.30. The third-order valence-corrected chi connectivity index (χ3v) is 3.44. The van der Waals surface area contributed by atoms with Crippen LogP contribution in [0.1, 0.15) is 0 Å². The van der Waals surface area contributed by atoms with Gasteiger partial charge in [0.05, 0.1) is 12.0 Å². The van der Waals surface area contributed by atoms with Crippen molar-refractivity contribution in [2.45, 2.75) is 34.6 Å². The van der Waals surface area contributed by atoms with Gasteiger partial charge in [-0.15, -0.1) is 4.33 Å². The van der Waals surface area contributed by atoms with Crippen molar-refractivity contribution in [2.75, 3.05) is 0 Å². The molecule has 0 spiro atoms. The molecule has 1 aliphatic carbocycles. The predicted octanol–water partition coefficient (Wildman–Crippen LogP) is 3.91. The quantitative estimate of drug-likeness (QED) is 0.358. The van der Waals surface area contributed by atoms with Crippen LogP contribution in [0.3, 0.4) is 0 Å². The Labute approximate surface area is 111 Å². The Morgan fingerprint density at radius 3 is 1.14 bits per heavy atom. The molecule has 0 aromatic rings. The fourth-order valence-corrected chi connectivity index (χ4v) is 1.95. The fourth-order valence-electron chi connectivity index (χ4n) is 1.36. The van der Waals surface area contributed by atoms with Crippen molar-refractivity contribution in [3.05, 3.63) is 0 Å². The lowest BCUT2D eigenvalue weighted by atomic mass is 9.81. The lowest BCUT2D eigenvalue weighted by Crippen LogP contribution is -2.82. The molecule has 1 rings (SSSR count). The van der Waals surface area contributed by atoms with Crippen LogP contribution in [0.2, 0.25) is 0 Å². The van der Waals surface area contributed by atoms with Crippen molar-refractivity contribution in [3.63, 3.8) is 0 Å². The van der Waals surface area contributed by atoms with E-state index in [-0.39, 0.29) is 0 Å². The minimum absolute atomic E-state index is 2.21. The fraction of sp³-hybridized carbons (Fsp3) is 1.00. The molecule has 1 fully saturated rings. The van der Waals surface area contributed by atoms with Crippen LogP contribution in [0, 0.1) is 0 Å². The molecule has 0 aliphatic heterocycles. The van der Waals surface area contributed by atoms with Gasteiger partial charge in [0.1, 0.15) is 0 Å². The standard InChI is InChI=1S/C6HF11O3S/c7-1(8)2(9,10)4(13,14)6(17,21-20-19-18)5(15,16)3(1,11)12/h18H. The first-order chi connectivity index (χ1) is 9.06. The average Bonchev–Trinajstić information content (AvgIpc) is 2.33. The molecule has 1 N–H and O–H groups in total. The summed E-state index contributed by atoms with van der Waals surface area (Å²) in [5, 5.41) is 3.46. The molecule has 21 heavy (non-hydrogen) atoms. The monoisotopic (exact) mass is 362 g/mol. The minimum atomic E-state index is -7.29. The number of alkyl halides is 11. The van der Waals surface area contributed by atoms with E-state index in [1.807, 2.05) is 0 Å². The van der Waals surface area contributed by atoms with Crippen LogP contribution in [-0.4, -0.2) is 39.9 Å². The Morgan fingerprint density at radius 1 is 0.571 bits per heavy atom. The molecular formula is C6HF11O3S. The summed E-state index contributed by atoms with van der Waals surface area (Å²) in [4.78, 5) is 0. The third kappa shape index (κ3) is 1.74. The molecule has 1 saturated carbocycles. The van der Waals surface area contributed by atoms with Gasteiger partial charge in [-0.3, -0.25) is 0 Å². The number of rotatable bonds is 3. The Morgan fingerprint density at radius 2 is 0.857 bits per heavy atom. The molecule has 0 bridgehead atoms. The highest BCUT2D eigenvalue weighted by Gasteiger charge is 3.02. The van der Waals surface area contributed by atoms with Gasteiger partial charge < -0.3 is 0 Å². The summed E-state index contributed by atoms with van der Waals surface area (Å²) in [6.45, 7) is 0. The van der Waals surface area contributed by atoms with Crippen LogP contribution in [-0.2, 0) is 9.37 Å². The number of hydrogen-bond acceptors (Lipinski definition) is 4. The minimum Gasteiger partial charge on any atom is -0.220 e. The second-order valence-electron chi connectivity index (χ2n) is 3.69. The van der Waals surface area contributed by atoms with E-state index >= 15 is 0 Å². The number of halogens is 11. The molecule has 0 unspecified atom stereocenters. The molecule has 1 aliphatic rings. The SMILES string of the molecule is OOOSC1(F)C(F)(F)C(F)(F)C(F)(F)C(F)(F)C1(F)F. The van der Waals surface area contributed by atoms with E-state index in [2.05, 4.69) is 9.37 Å². The van der Waals surface area contributed by atoms with E-state index in [9.17, 15) is 48.3 Å². The first kappa shape index (κ1) is 18.5. The largest absolute Gasteiger partial charge is 0.384 e. The maximum absolute atomic E-state index is 13.5. The molecule has 0 atom stereocenters. The lowest BCUT2D eigenvalue weighted by Gasteiger charge is -2.51. The Hall–Kier alpha value is -0.540. The maximum atomic E-state index is 13.5. The predicted molar refractivity (Wildman–Crippen MR) is 41.0 cm³/mol. The highest BCUT2D eigenvalue weighted by molar-refractivity contribution is 7.96. The summed E-state index contributed by atoms with van der Waals surface area (Å²) in [6.07, 6.45) is 0. The van der Waals surface area contributed by atoms with E-state index in [1.165, 1.54) is 0 Å². The van der Waals surface area contributed by atoms with Gasteiger partial charge in [-0.05, 0) is 0 Å². The molecule has 0 saturated heterocycles. The molecule has 0 amide bonds. The summed E-state index contributed by atoms with van der Waals surface area (Å²) in [6, 6.07) is 0. The van der Waals surface area contributed by atoms with Crippen molar-refractivity contribution in [2.24, 2.45) is 0 Å².